The molecular weight excluding hydrogens is 550 g/mol. The zero-order chi connectivity index (χ0) is 31.2. The second-order valence-electron chi connectivity index (χ2n) is 13.8. The molecule has 7 nitrogen and oxygen atoms in total. The van der Waals surface area contributed by atoms with E-state index in [0.29, 0.717) is 17.5 Å². The molecule has 0 saturated carbocycles. The van der Waals surface area contributed by atoms with Gasteiger partial charge in [0.15, 0.2) is 5.79 Å². The van der Waals surface area contributed by atoms with Gasteiger partial charge in [0.05, 0.1) is 0 Å². The number of carbonyl (C=O) groups excluding carboxylic acids is 2. The number of ketones is 2. The van der Waals surface area contributed by atoms with Crippen LogP contribution in [0.5, 0.6) is 0 Å². The Bertz CT molecular complexity index is 1140. The lowest BCUT2D eigenvalue weighted by Gasteiger charge is -2.41. The first kappa shape index (κ1) is 36.1. The van der Waals surface area contributed by atoms with E-state index >= 15 is 0 Å². The molecule has 1 spiro atoms. The SMILES string of the molecule is C.CC1CN(C)CCC12OC(c1ccccc1)C(c1ccccc1)O2.CC1CN(C)CCC1=O.CN1CCC(=O)C(C)(C)C1. The van der Waals surface area contributed by atoms with Gasteiger partial charge in [-0.1, -0.05) is 95.8 Å². The number of hydrogen-bond donors (Lipinski definition) is 0. The Hall–Kier alpha value is -2.42. The summed E-state index contributed by atoms with van der Waals surface area (Å²) in [5, 5.41) is 0. The number of nitrogens with zero attached hydrogens (tertiary/aromatic N) is 3. The molecule has 6 rings (SSSR count). The lowest BCUT2D eigenvalue weighted by Crippen LogP contribution is -2.50. The molecule has 4 saturated heterocycles. The minimum Gasteiger partial charge on any atom is -0.338 e. The van der Waals surface area contributed by atoms with Crippen LogP contribution in [0.1, 0.15) is 77.7 Å². The Morgan fingerprint density at radius 3 is 1.64 bits per heavy atom. The molecule has 0 amide bonds. The summed E-state index contributed by atoms with van der Waals surface area (Å²) in [4.78, 5) is 28.9. The van der Waals surface area contributed by atoms with Crippen molar-refractivity contribution < 1.29 is 19.1 Å². The molecular formula is C37H57N3O4. The standard InChI is InChI=1S/C21H25NO2.C8H15NO.C7H13NO.CH4/c1-16-15-22(2)14-13-21(16)23-19(17-9-5-3-6-10-17)20(24-21)18-11-7-4-8-12-18;1-8(2)6-9(3)5-4-7(8)10;1-6-5-8(2)4-3-7(6)9;/h3-12,16,19-20H,13-15H2,1-2H3;4-6H2,1-3H3;6H,3-5H2,1-2H3;1H4. The van der Waals surface area contributed by atoms with Gasteiger partial charge in [0.2, 0.25) is 0 Å². The van der Waals surface area contributed by atoms with Gasteiger partial charge in [-0.3, -0.25) is 9.59 Å². The molecule has 244 valence electrons. The van der Waals surface area contributed by atoms with Gasteiger partial charge in [-0.15, -0.1) is 0 Å². The molecule has 4 fully saturated rings. The molecule has 4 aliphatic rings. The van der Waals surface area contributed by atoms with Crippen molar-refractivity contribution >= 4 is 11.6 Å². The lowest BCUT2D eigenvalue weighted by atomic mass is 9.83. The third-order valence-electron chi connectivity index (χ3n) is 9.38. The van der Waals surface area contributed by atoms with Crippen molar-refractivity contribution in [3.63, 3.8) is 0 Å². The Labute approximate surface area is 266 Å². The van der Waals surface area contributed by atoms with Gasteiger partial charge in [0, 0.05) is 75.8 Å². The van der Waals surface area contributed by atoms with Crippen LogP contribution in [0.2, 0.25) is 0 Å². The van der Waals surface area contributed by atoms with E-state index in [4.69, 9.17) is 9.47 Å². The van der Waals surface area contributed by atoms with Crippen molar-refractivity contribution in [1.29, 1.82) is 0 Å². The number of hydrogen-bond acceptors (Lipinski definition) is 7. The maximum absolute atomic E-state index is 11.2. The number of carbonyl (C=O) groups is 2. The molecule has 2 aromatic carbocycles. The van der Waals surface area contributed by atoms with Crippen LogP contribution < -0.4 is 0 Å². The zero-order valence-electron chi connectivity index (χ0n) is 27.4. The number of benzene rings is 2. The average molecular weight is 608 g/mol. The summed E-state index contributed by atoms with van der Waals surface area (Å²) >= 11 is 0. The first-order valence-electron chi connectivity index (χ1n) is 16.0. The summed E-state index contributed by atoms with van der Waals surface area (Å²) in [5.74, 6) is 0.965. The van der Waals surface area contributed by atoms with Gasteiger partial charge in [-0.05, 0) is 32.3 Å². The van der Waals surface area contributed by atoms with Crippen molar-refractivity contribution in [2.24, 2.45) is 17.3 Å². The van der Waals surface area contributed by atoms with Crippen molar-refractivity contribution in [3.05, 3.63) is 71.8 Å². The molecule has 4 aliphatic heterocycles. The Morgan fingerprint density at radius 1 is 0.705 bits per heavy atom. The maximum Gasteiger partial charge on any atom is 0.175 e. The Balaban J connectivity index is 0.000000219. The van der Waals surface area contributed by atoms with Crippen molar-refractivity contribution in [2.75, 3.05) is 60.4 Å². The van der Waals surface area contributed by atoms with E-state index in [0.717, 1.165) is 58.5 Å². The first-order chi connectivity index (χ1) is 20.4. The number of rotatable bonds is 2. The highest BCUT2D eigenvalue weighted by molar-refractivity contribution is 5.85. The summed E-state index contributed by atoms with van der Waals surface area (Å²) in [5.41, 5.74) is 2.27. The molecule has 0 N–H and O–H groups in total. The van der Waals surface area contributed by atoms with Gasteiger partial charge in [0.1, 0.15) is 23.8 Å². The number of ether oxygens (including phenoxy) is 2. The molecule has 4 heterocycles. The second kappa shape index (κ2) is 15.7. The highest BCUT2D eigenvalue weighted by Crippen LogP contribution is 2.52. The van der Waals surface area contributed by atoms with E-state index in [9.17, 15) is 9.59 Å². The summed E-state index contributed by atoms with van der Waals surface area (Å²) in [6, 6.07) is 21.0. The van der Waals surface area contributed by atoms with Crippen LogP contribution in [0.3, 0.4) is 0 Å². The normalized spacial score (nSPS) is 30.9. The predicted octanol–water partition coefficient (Wildman–Crippen LogP) is 6.26. The number of likely N-dealkylation sites (tertiary alicyclic amines) is 3. The molecule has 0 bridgehead atoms. The van der Waals surface area contributed by atoms with Crippen LogP contribution in [0.15, 0.2) is 60.7 Å². The maximum atomic E-state index is 11.2. The van der Waals surface area contributed by atoms with Gasteiger partial charge in [-0.2, -0.15) is 0 Å². The van der Waals surface area contributed by atoms with Gasteiger partial charge in [0.25, 0.3) is 0 Å². The van der Waals surface area contributed by atoms with E-state index in [1.54, 1.807) is 0 Å². The van der Waals surface area contributed by atoms with Crippen molar-refractivity contribution in [3.8, 4) is 0 Å². The second-order valence-corrected chi connectivity index (χ2v) is 13.8. The lowest BCUT2D eigenvalue weighted by molar-refractivity contribution is -0.231. The molecule has 7 heteroatoms. The molecule has 4 unspecified atom stereocenters. The van der Waals surface area contributed by atoms with Crippen molar-refractivity contribution in [2.45, 2.75) is 72.4 Å². The third-order valence-corrected chi connectivity index (χ3v) is 9.38. The van der Waals surface area contributed by atoms with Crippen molar-refractivity contribution in [1.82, 2.24) is 14.7 Å². The van der Waals surface area contributed by atoms with Crippen LogP contribution in [0, 0.1) is 17.3 Å². The fourth-order valence-corrected chi connectivity index (χ4v) is 6.67. The highest BCUT2D eigenvalue weighted by Gasteiger charge is 2.53. The summed E-state index contributed by atoms with van der Waals surface area (Å²) in [6.07, 6.45) is 2.28. The Morgan fingerprint density at radius 2 is 1.20 bits per heavy atom. The molecule has 44 heavy (non-hydrogen) atoms. The number of Topliss-reactive ketones (excluding diaryl/α,β-unsaturated/α-hetero) is 2. The predicted molar refractivity (Wildman–Crippen MR) is 178 cm³/mol. The Kier molecular flexibility index (Phi) is 12.9. The summed E-state index contributed by atoms with van der Waals surface area (Å²) in [6.45, 7) is 14.0. The molecule has 4 atom stereocenters. The number of piperidine rings is 3. The first-order valence-corrected chi connectivity index (χ1v) is 16.0. The molecule has 2 aromatic rings. The minimum atomic E-state index is -0.479. The smallest absolute Gasteiger partial charge is 0.175 e. The van der Waals surface area contributed by atoms with Crippen LogP contribution >= 0.6 is 0 Å². The third kappa shape index (κ3) is 9.07. The van der Waals surface area contributed by atoms with E-state index in [-0.39, 0.29) is 31.0 Å². The van der Waals surface area contributed by atoms with Gasteiger partial charge < -0.3 is 24.2 Å². The average Bonchev–Trinajstić information content (AvgIpc) is 3.38. The fraction of sp³-hybridized carbons (Fsp3) is 0.622. The van der Waals surface area contributed by atoms with Crippen LogP contribution in [0.25, 0.3) is 0 Å². The summed E-state index contributed by atoms with van der Waals surface area (Å²) in [7, 11) is 6.29. The monoisotopic (exact) mass is 607 g/mol. The molecule has 0 aliphatic carbocycles. The minimum absolute atomic E-state index is 0. The van der Waals surface area contributed by atoms with E-state index in [2.05, 4.69) is 91.3 Å². The van der Waals surface area contributed by atoms with E-state index < -0.39 is 5.79 Å². The highest BCUT2D eigenvalue weighted by atomic mass is 16.8. The van der Waals surface area contributed by atoms with E-state index in [1.807, 2.05) is 32.9 Å². The van der Waals surface area contributed by atoms with Crippen LogP contribution in [-0.2, 0) is 19.1 Å². The van der Waals surface area contributed by atoms with E-state index in [1.165, 1.54) is 11.1 Å². The fourth-order valence-electron chi connectivity index (χ4n) is 6.67. The molecule has 0 aromatic heterocycles. The largest absolute Gasteiger partial charge is 0.338 e. The zero-order valence-corrected chi connectivity index (χ0v) is 27.4. The quantitative estimate of drug-likeness (QED) is 0.399. The van der Waals surface area contributed by atoms with Gasteiger partial charge in [-0.25, -0.2) is 0 Å². The van der Waals surface area contributed by atoms with Crippen LogP contribution in [-0.4, -0.2) is 92.5 Å². The summed E-state index contributed by atoms with van der Waals surface area (Å²) < 4.78 is 13.3. The topological polar surface area (TPSA) is 62.3 Å². The van der Waals surface area contributed by atoms with Crippen LogP contribution in [0.4, 0.5) is 0 Å². The van der Waals surface area contributed by atoms with Gasteiger partial charge >= 0.3 is 0 Å². The molecule has 0 radical (unpaired) electrons.